The molecule has 0 aliphatic heterocycles. The van der Waals surface area contributed by atoms with E-state index in [0.717, 1.165) is 0 Å². The maximum Gasteiger partial charge on any atom is 0.337 e. The molecule has 0 spiro atoms. The molecule has 0 saturated carbocycles. The maximum absolute atomic E-state index is 11.8. The molecule has 0 aromatic carbocycles. The zero-order valence-corrected chi connectivity index (χ0v) is 12.7. The Balaban J connectivity index is 3.22. The van der Waals surface area contributed by atoms with Gasteiger partial charge < -0.3 is 9.64 Å². The zero-order valence-electron chi connectivity index (χ0n) is 11.2. The number of nitrogens with zero attached hydrogens (tertiary/aromatic N) is 2. The van der Waals surface area contributed by atoms with Crippen molar-refractivity contribution in [2.75, 3.05) is 19.2 Å². The number of halogens is 2. The van der Waals surface area contributed by atoms with Gasteiger partial charge in [-0.1, -0.05) is 12.2 Å². The first-order valence-corrected chi connectivity index (χ1v) is 6.92. The Labute approximate surface area is 127 Å². The molecule has 0 fully saturated rings. The van der Waals surface area contributed by atoms with E-state index in [0.29, 0.717) is 12.2 Å². The minimum Gasteiger partial charge on any atom is -0.361 e. The first kappa shape index (κ1) is 16.9. The molecule has 0 saturated heterocycles. The Bertz CT molecular complexity index is 453. The standard InChI is InChI=1S/C12H16Cl2N2O4/c1-3-20-8-15(9(2)17)11-10(7-13)5-4-6-12(11,14)16(18)19/h4-6,11H,3,7-8H2,1-2H3. The van der Waals surface area contributed by atoms with Crippen molar-refractivity contribution in [2.24, 2.45) is 0 Å². The Kier molecular flexibility index (Phi) is 5.98. The Hall–Kier alpha value is -1.11. The topological polar surface area (TPSA) is 72.7 Å². The van der Waals surface area contributed by atoms with E-state index in [4.69, 9.17) is 27.9 Å². The molecule has 0 N–H and O–H groups in total. The summed E-state index contributed by atoms with van der Waals surface area (Å²) < 4.78 is 5.21. The third kappa shape index (κ3) is 3.31. The first-order chi connectivity index (χ1) is 9.38. The first-order valence-electron chi connectivity index (χ1n) is 6.01. The molecule has 1 aliphatic rings. The number of alkyl halides is 2. The van der Waals surface area contributed by atoms with Gasteiger partial charge in [0.05, 0.1) is 0 Å². The van der Waals surface area contributed by atoms with Gasteiger partial charge in [0, 0.05) is 30.4 Å². The van der Waals surface area contributed by atoms with Gasteiger partial charge in [-0.25, -0.2) is 0 Å². The van der Waals surface area contributed by atoms with E-state index < -0.39 is 16.0 Å². The summed E-state index contributed by atoms with van der Waals surface area (Å²) in [5.41, 5.74) is 0.496. The van der Waals surface area contributed by atoms with Gasteiger partial charge in [0.2, 0.25) is 5.91 Å². The number of carbonyl (C=O) groups is 1. The second-order valence-corrected chi connectivity index (χ2v) is 5.11. The van der Waals surface area contributed by atoms with Crippen LogP contribution >= 0.6 is 23.2 Å². The van der Waals surface area contributed by atoms with Crippen molar-refractivity contribution in [3.63, 3.8) is 0 Å². The summed E-state index contributed by atoms with van der Waals surface area (Å²) in [5, 5.41) is 11.3. The predicted molar refractivity (Wildman–Crippen MR) is 76.3 cm³/mol. The van der Waals surface area contributed by atoms with Gasteiger partial charge in [0.25, 0.3) is 0 Å². The molecule has 1 rings (SSSR count). The number of hydrogen-bond donors (Lipinski definition) is 0. The summed E-state index contributed by atoms with van der Waals surface area (Å²) >= 11 is 12.0. The number of ether oxygens (including phenoxy) is 1. The average Bonchev–Trinajstić information content (AvgIpc) is 2.40. The normalized spacial score (nSPS) is 25.2. The summed E-state index contributed by atoms with van der Waals surface area (Å²) in [7, 11) is 0. The van der Waals surface area contributed by atoms with Crippen LogP contribution in [0.3, 0.4) is 0 Å². The molecule has 0 heterocycles. The van der Waals surface area contributed by atoms with Gasteiger partial charge in [-0.15, -0.1) is 11.6 Å². The highest BCUT2D eigenvalue weighted by molar-refractivity contribution is 6.25. The molecule has 1 aliphatic carbocycles. The quantitative estimate of drug-likeness (QED) is 0.247. The third-order valence-corrected chi connectivity index (χ3v) is 3.74. The van der Waals surface area contributed by atoms with Crippen molar-refractivity contribution in [3.8, 4) is 0 Å². The highest BCUT2D eigenvalue weighted by atomic mass is 35.5. The van der Waals surface area contributed by atoms with Gasteiger partial charge in [-0.05, 0) is 24.1 Å². The van der Waals surface area contributed by atoms with Crippen LogP contribution in [0.5, 0.6) is 0 Å². The molecule has 112 valence electrons. The predicted octanol–water partition coefficient (Wildman–Crippen LogP) is 2.14. The van der Waals surface area contributed by atoms with Gasteiger partial charge in [0.1, 0.15) is 12.8 Å². The van der Waals surface area contributed by atoms with Crippen LogP contribution in [0.2, 0.25) is 0 Å². The summed E-state index contributed by atoms with van der Waals surface area (Å²) in [6.45, 7) is 3.36. The monoisotopic (exact) mass is 322 g/mol. The summed E-state index contributed by atoms with van der Waals surface area (Å²) in [6.07, 6.45) is 4.35. The molecule has 2 unspecified atom stereocenters. The van der Waals surface area contributed by atoms with Crippen LogP contribution < -0.4 is 0 Å². The highest BCUT2D eigenvalue weighted by Crippen LogP contribution is 2.35. The van der Waals surface area contributed by atoms with Gasteiger partial charge >= 0.3 is 5.00 Å². The van der Waals surface area contributed by atoms with Crippen molar-refractivity contribution in [1.29, 1.82) is 0 Å². The molecular formula is C12H16Cl2N2O4. The van der Waals surface area contributed by atoms with E-state index in [-0.39, 0.29) is 18.5 Å². The molecule has 0 radical (unpaired) electrons. The molecule has 20 heavy (non-hydrogen) atoms. The lowest BCUT2D eigenvalue weighted by atomic mass is 9.93. The number of rotatable bonds is 6. The number of hydrogen-bond acceptors (Lipinski definition) is 4. The van der Waals surface area contributed by atoms with E-state index in [2.05, 4.69) is 0 Å². The Morgan fingerprint density at radius 3 is 2.75 bits per heavy atom. The van der Waals surface area contributed by atoms with Crippen molar-refractivity contribution >= 4 is 29.1 Å². The maximum atomic E-state index is 11.8. The lowest BCUT2D eigenvalue weighted by Crippen LogP contribution is -2.57. The lowest BCUT2D eigenvalue weighted by Gasteiger charge is -2.37. The lowest BCUT2D eigenvalue weighted by molar-refractivity contribution is -0.534. The molecule has 0 aromatic heterocycles. The number of amides is 1. The van der Waals surface area contributed by atoms with Crippen LogP contribution in [0, 0.1) is 10.1 Å². The van der Waals surface area contributed by atoms with E-state index in [1.165, 1.54) is 24.0 Å². The van der Waals surface area contributed by atoms with Crippen molar-refractivity contribution < 1.29 is 14.5 Å². The molecule has 0 bridgehead atoms. The van der Waals surface area contributed by atoms with Gasteiger partial charge in [-0.3, -0.25) is 14.9 Å². The summed E-state index contributed by atoms with van der Waals surface area (Å²) in [5.74, 6) is -0.339. The minimum atomic E-state index is -1.94. The number of nitro groups is 1. The van der Waals surface area contributed by atoms with E-state index >= 15 is 0 Å². The highest BCUT2D eigenvalue weighted by Gasteiger charge is 2.53. The zero-order chi connectivity index (χ0) is 15.3. The Morgan fingerprint density at radius 2 is 2.30 bits per heavy atom. The summed E-state index contributed by atoms with van der Waals surface area (Å²) in [6, 6.07) is -0.981. The molecule has 1 amide bonds. The van der Waals surface area contributed by atoms with Crippen LogP contribution in [-0.4, -0.2) is 46.0 Å². The van der Waals surface area contributed by atoms with Crippen molar-refractivity contribution in [3.05, 3.63) is 33.9 Å². The fraction of sp³-hybridized carbons (Fsp3) is 0.583. The minimum absolute atomic E-state index is 0.0349. The fourth-order valence-corrected chi connectivity index (χ4v) is 2.55. The number of carbonyl (C=O) groups excluding carboxylic acids is 1. The molecule has 8 heteroatoms. The molecular weight excluding hydrogens is 307 g/mol. The second-order valence-electron chi connectivity index (χ2n) is 4.23. The van der Waals surface area contributed by atoms with Crippen LogP contribution in [0.4, 0.5) is 0 Å². The van der Waals surface area contributed by atoms with Crippen molar-refractivity contribution in [2.45, 2.75) is 24.9 Å². The van der Waals surface area contributed by atoms with E-state index in [9.17, 15) is 14.9 Å². The van der Waals surface area contributed by atoms with Crippen molar-refractivity contribution in [1.82, 2.24) is 4.90 Å². The fourth-order valence-electron chi connectivity index (χ4n) is 1.98. The van der Waals surface area contributed by atoms with E-state index in [1.54, 1.807) is 13.0 Å². The molecule has 0 aromatic rings. The third-order valence-electron chi connectivity index (χ3n) is 2.96. The van der Waals surface area contributed by atoms with Crippen LogP contribution in [-0.2, 0) is 9.53 Å². The SMILES string of the molecule is CCOCN(C(C)=O)C1C(CCl)=CC=CC1(Cl)[N+](=O)[O-]. The largest absolute Gasteiger partial charge is 0.361 e. The van der Waals surface area contributed by atoms with Crippen LogP contribution in [0.25, 0.3) is 0 Å². The smallest absolute Gasteiger partial charge is 0.337 e. The van der Waals surface area contributed by atoms with Gasteiger partial charge in [0.15, 0.2) is 0 Å². The Morgan fingerprint density at radius 1 is 1.65 bits per heavy atom. The molecule has 2 atom stereocenters. The van der Waals surface area contributed by atoms with Gasteiger partial charge in [-0.2, -0.15) is 0 Å². The second kappa shape index (κ2) is 7.06. The summed E-state index contributed by atoms with van der Waals surface area (Å²) in [4.78, 5) is 21.8. The number of allylic oxidation sites excluding steroid dienone is 2. The van der Waals surface area contributed by atoms with E-state index in [1.807, 2.05) is 0 Å². The molecule has 6 nitrogen and oxygen atoms in total. The average molecular weight is 323 g/mol. The van der Waals surface area contributed by atoms with Crippen LogP contribution in [0.15, 0.2) is 23.8 Å². The van der Waals surface area contributed by atoms with Crippen LogP contribution in [0.1, 0.15) is 13.8 Å².